The number of rotatable bonds is 7. The quantitative estimate of drug-likeness (QED) is 0.834. The second-order valence-corrected chi connectivity index (χ2v) is 5.42. The van der Waals surface area contributed by atoms with E-state index in [-0.39, 0.29) is 0 Å². The average molecular weight is 266 g/mol. The molecule has 0 saturated carbocycles. The van der Waals surface area contributed by atoms with Crippen LogP contribution in [0.3, 0.4) is 0 Å². The summed E-state index contributed by atoms with van der Waals surface area (Å²) in [6, 6.07) is 6.07. The van der Waals surface area contributed by atoms with Gasteiger partial charge >= 0.3 is 0 Å². The number of furan rings is 1. The Balaban J connectivity index is 1.84. The number of hydrogen-bond donors (Lipinski definition) is 1. The fourth-order valence-corrected chi connectivity index (χ4v) is 2.27. The minimum absolute atomic E-state index is 0.471. The molecule has 2 aromatic rings. The van der Waals surface area contributed by atoms with Gasteiger partial charge in [0.15, 0.2) is 5.76 Å². The highest BCUT2D eigenvalue weighted by molar-refractivity contribution is 7.99. The largest absolute Gasteiger partial charge is 0.461 e. The van der Waals surface area contributed by atoms with E-state index in [9.17, 15) is 0 Å². The van der Waals surface area contributed by atoms with Gasteiger partial charge in [-0.05, 0) is 24.8 Å². The summed E-state index contributed by atoms with van der Waals surface area (Å²) in [5.41, 5.74) is 0.898. The van der Waals surface area contributed by atoms with Crippen LogP contribution in [0, 0.1) is 0 Å². The lowest BCUT2D eigenvalue weighted by Gasteiger charge is -2.10. The lowest BCUT2D eigenvalue weighted by molar-refractivity contribution is 0.406. The summed E-state index contributed by atoms with van der Waals surface area (Å²) in [5, 5.41) is 7.44. The molecule has 0 spiro atoms. The van der Waals surface area contributed by atoms with Crippen molar-refractivity contribution in [3.8, 4) is 11.5 Å². The number of hydrogen-bond acceptors (Lipinski definition) is 5. The molecule has 0 aromatic carbocycles. The molecule has 18 heavy (non-hydrogen) atoms. The maximum atomic E-state index is 5.25. The number of aromatic nitrogens is 1. The van der Waals surface area contributed by atoms with Crippen molar-refractivity contribution >= 4 is 11.8 Å². The summed E-state index contributed by atoms with van der Waals surface area (Å²) in [5.74, 6) is 3.65. The van der Waals surface area contributed by atoms with Gasteiger partial charge in [-0.3, -0.25) is 0 Å². The van der Waals surface area contributed by atoms with E-state index in [1.807, 2.05) is 30.0 Å². The summed E-state index contributed by atoms with van der Waals surface area (Å²) in [4.78, 5) is 0. The Kier molecular flexibility index (Phi) is 4.90. The molecule has 2 heterocycles. The number of nitrogens with one attached hydrogen (secondary N) is 1. The zero-order valence-corrected chi connectivity index (χ0v) is 11.5. The maximum absolute atomic E-state index is 5.25. The molecule has 0 fully saturated rings. The van der Waals surface area contributed by atoms with Crippen LogP contribution in [0.25, 0.3) is 11.5 Å². The molecule has 0 aliphatic heterocycles. The lowest BCUT2D eigenvalue weighted by Crippen LogP contribution is -2.27. The zero-order chi connectivity index (χ0) is 12.8. The summed E-state index contributed by atoms with van der Waals surface area (Å²) >= 11 is 1.93. The Morgan fingerprint density at radius 2 is 2.33 bits per heavy atom. The van der Waals surface area contributed by atoms with Crippen LogP contribution in [0.1, 0.15) is 19.5 Å². The van der Waals surface area contributed by atoms with E-state index < -0.39 is 0 Å². The van der Waals surface area contributed by atoms with Crippen LogP contribution in [0.2, 0.25) is 0 Å². The van der Waals surface area contributed by atoms with Crippen molar-refractivity contribution in [3.05, 3.63) is 30.2 Å². The molecular formula is C13H18N2O2S. The third-order valence-electron chi connectivity index (χ3n) is 2.53. The van der Waals surface area contributed by atoms with Gasteiger partial charge in [-0.2, -0.15) is 11.8 Å². The minimum atomic E-state index is 0.471. The standard InChI is InChI=1S/C13H18N2O2S/c1-3-18-9-10(2)14-8-11-7-13(17-15-11)12-5-4-6-16-12/h4-7,10,14H,3,8-9H2,1-2H3. The topological polar surface area (TPSA) is 51.2 Å². The van der Waals surface area contributed by atoms with Crippen LogP contribution >= 0.6 is 11.8 Å². The molecule has 2 aromatic heterocycles. The molecule has 0 aliphatic carbocycles. The van der Waals surface area contributed by atoms with Crippen LogP contribution in [0.5, 0.6) is 0 Å². The number of nitrogens with zero attached hydrogens (tertiary/aromatic N) is 1. The van der Waals surface area contributed by atoms with E-state index in [2.05, 4.69) is 24.3 Å². The Bertz CT molecular complexity index is 453. The van der Waals surface area contributed by atoms with Crippen molar-refractivity contribution < 1.29 is 8.94 Å². The maximum Gasteiger partial charge on any atom is 0.202 e. The normalized spacial score (nSPS) is 12.8. The molecule has 2 rings (SSSR count). The summed E-state index contributed by atoms with van der Waals surface area (Å²) < 4.78 is 10.5. The van der Waals surface area contributed by atoms with E-state index in [0.717, 1.165) is 23.7 Å². The van der Waals surface area contributed by atoms with Gasteiger partial charge in [0.1, 0.15) is 0 Å². The SMILES string of the molecule is CCSCC(C)NCc1cc(-c2ccco2)on1. The van der Waals surface area contributed by atoms with Gasteiger partial charge in [0.2, 0.25) is 5.76 Å². The van der Waals surface area contributed by atoms with Crippen LogP contribution in [-0.2, 0) is 6.54 Å². The van der Waals surface area contributed by atoms with Crippen molar-refractivity contribution in [1.29, 1.82) is 0 Å². The zero-order valence-electron chi connectivity index (χ0n) is 10.7. The van der Waals surface area contributed by atoms with E-state index in [1.54, 1.807) is 6.26 Å². The van der Waals surface area contributed by atoms with Gasteiger partial charge in [0.05, 0.1) is 12.0 Å². The van der Waals surface area contributed by atoms with Crippen molar-refractivity contribution in [3.63, 3.8) is 0 Å². The smallest absolute Gasteiger partial charge is 0.202 e. The van der Waals surface area contributed by atoms with Crippen molar-refractivity contribution in [1.82, 2.24) is 10.5 Å². The van der Waals surface area contributed by atoms with Crippen molar-refractivity contribution in [2.75, 3.05) is 11.5 Å². The molecule has 1 N–H and O–H groups in total. The second kappa shape index (κ2) is 6.66. The van der Waals surface area contributed by atoms with E-state index in [4.69, 9.17) is 8.94 Å². The molecule has 1 atom stereocenters. The fourth-order valence-electron chi connectivity index (χ4n) is 1.56. The van der Waals surface area contributed by atoms with E-state index in [1.165, 1.54) is 0 Å². The summed E-state index contributed by atoms with van der Waals surface area (Å²) in [7, 11) is 0. The molecule has 0 saturated heterocycles. The molecule has 1 unspecified atom stereocenters. The Morgan fingerprint density at radius 3 is 3.06 bits per heavy atom. The highest BCUT2D eigenvalue weighted by atomic mass is 32.2. The molecule has 0 aliphatic rings. The first-order valence-electron chi connectivity index (χ1n) is 6.10. The molecule has 4 nitrogen and oxygen atoms in total. The molecule has 0 bridgehead atoms. The summed E-state index contributed by atoms with van der Waals surface area (Å²) in [6.07, 6.45) is 1.62. The third kappa shape index (κ3) is 3.65. The van der Waals surface area contributed by atoms with Gasteiger partial charge in [-0.1, -0.05) is 12.1 Å². The second-order valence-electron chi connectivity index (χ2n) is 4.10. The predicted molar refractivity (Wildman–Crippen MR) is 73.5 cm³/mol. The molecule has 5 heteroatoms. The van der Waals surface area contributed by atoms with Gasteiger partial charge in [-0.15, -0.1) is 0 Å². The molecule has 98 valence electrons. The minimum Gasteiger partial charge on any atom is -0.461 e. The van der Waals surface area contributed by atoms with Crippen LogP contribution in [0.15, 0.2) is 33.4 Å². The highest BCUT2D eigenvalue weighted by Gasteiger charge is 2.09. The lowest BCUT2D eigenvalue weighted by atomic mass is 10.3. The Labute approximate surface area is 111 Å². The van der Waals surface area contributed by atoms with E-state index >= 15 is 0 Å². The van der Waals surface area contributed by atoms with Crippen LogP contribution < -0.4 is 5.32 Å². The molecular weight excluding hydrogens is 248 g/mol. The van der Waals surface area contributed by atoms with Crippen molar-refractivity contribution in [2.45, 2.75) is 26.4 Å². The van der Waals surface area contributed by atoms with Gasteiger partial charge in [-0.25, -0.2) is 0 Å². The average Bonchev–Trinajstić information content (AvgIpc) is 3.03. The third-order valence-corrected chi connectivity index (χ3v) is 3.67. The highest BCUT2D eigenvalue weighted by Crippen LogP contribution is 2.20. The number of thioether (sulfide) groups is 1. The first-order chi connectivity index (χ1) is 8.79. The van der Waals surface area contributed by atoms with Crippen molar-refractivity contribution in [2.24, 2.45) is 0 Å². The van der Waals surface area contributed by atoms with Crippen LogP contribution in [-0.4, -0.2) is 22.7 Å². The first-order valence-corrected chi connectivity index (χ1v) is 7.25. The molecule has 0 amide bonds. The Morgan fingerprint density at radius 1 is 1.44 bits per heavy atom. The Hall–Kier alpha value is -1.20. The van der Waals surface area contributed by atoms with Gasteiger partial charge < -0.3 is 14.3 Å². The molecule has 0 radical (unpaired) electrons. The van der Waals surface area contributed by atoms with E-state index in [0.29, 0.717) is 17.6 Å². The summed E-state index contributed by atoms with van der Waals surface area (Å²) in [6.45, 7) is 5.07. The van der Waals surface area contributed by atoms with Gasteiger partial charge in [0.25, 0.3) is 0 Å². The van der Waals surface area contributed by atoms with Gasteiger partial charge in [0, 0.05) is 24.4 Å². The first kappa shape index (κ1) is 13.2. The van der Waals surface area contributed by atoms with Crippen LogP contribution in [0.4, 0.5) is 0 Å². The fraction of sp³-hybridized carbons (Fsp3) is 0.462. The predicted octanol–water partition coefficient (Wildman–Crippen LogP) is 3.17. The monoisotopic (exact) mass is 266 g/mol.